The van der Waals surface area contributed by atoms with Gasteiger partial charge in [-0.2, -0.15) is 0 Å². The Hall–Kier alpha value is -7.96. The van der Waals surface area contributed by atoms with Crippen LogP contribution in [0.25, 0.3) is 129 Å². The first-order valence-electron chi connectivity index (χ1n) is 21.5. The quantitative estimate of drug-likeness (QED) is 0.175. The fraction of sp³-hybridized carbons (Fsp3) is 0.0714. The van der Waals surface area contributed by atoms with E-state index in [1.165, 1.54) is 32.5 Å². The molecule has 8 bridgehead atoms. The molecule has 6 heteroatoms. The minimum absolute atomic E-state index is 0.179. The molecule has 0 saturated carbocycles. The zero-order chi connectivity index (χ0) is 40.2. The number of benzene rings is 7. The van der Waals surface area contributed by atoms with Crippen LogP contribution in [0.5, 0.6) is 0 Å². The molecule has 12 aromatic rings. The Bertz CT molecular complexity index is 4110. The van der Waals surface area contributed by atoms with E-state index < -0.39 is 0 Å². The van der Waals surface area contributed by atoms with Gasteiger partial charge in [-0.1, -0.05) is 121 Å². The van der Waals surface area contributed by atoms with Crippen molar-refractivity contribution < 1.29 is 8.83 Å². The molecule has 2 unspecified atom stereocenters. The highest BCUT2D eigenvalue weighted by Gasteiger charge is 2.33. The molecule has 62 heavy (non-hydrogen) atoms. The summed E-state index contributed by atoms with van der Waals surface area (Å²) in [4.78, 5) is 11.1. The smallest absolute Gasteiger partial charge is 0.236 e. The van der Waals surface area contributed by atoms with Crippen LogP contribution in [0.3, 0.4) is 0 Å². The Morgan fingerprint density at radius 2 is 1.35 bits per heavy atom. The van der Waals surface area contributed by atoms with Crippen molar-refractivity contribution in [2.24, 2.45) is 5.92 Å². The van der Waals surface area contributed by atoms with Crippen molar-refractivity contribution in [3.05, 3.63) is 174 Å². The molecule has 6 nitrogen and oxygen atoms in total. The molecule has 1 aliphatic heterocycles. The monoisotopic (exact) mass is 794 g/mol. The lowest BCUT2D eigenvalue weighted by atomic mass is 9.76. The zero-order valence-corrected chi connectivity index (χ0v) is 33.3. The van der Waals surface area contributed by atoms with Crippen LogP contribution < -0.4 is 10.6 Å². The predicted molar refractivity (Wildman–Crippen MR) is 251 cm³/mol. The molecule has 0 amide bonds. The number of hydrogen-bond donors (Lipinski definition) is 0. The third-order valence-electron chi connectivity index (χ3n) is 14.0. The molecule has 5 aromatic heterocycles. The van der Waals surface area contributed by atoms with Gasteiger partial charge in [0.05, 0.1) is 22.1 Å². The molecule has 15 rings (SSSR count). The Morgan fingerprint density at radius 3 is 2.24 bits per heavy atom. The number of furan rings is 2. The van der Waals surface area contributed by atoms with E-state index in [1.807, 2.05) is 6.07 Å². The molecule has 0 radical (unpaired) electrons. The lowest BCUT2D eigenvalue weighted by molar-refractivity contribution is 0.510. The summed E-state index contributed by atoms with van der Waals surface area (Å²) >= 11 is 0. The lowest BCUT2D eigenvalue weighted by Crippen LogP contribution is -2.28. The second-order valence-corrected chi connectivity index (χ2v) is 17.2. The third-order valence-corrected chi connectivity index (χ3v) is 14.0. The minimum atomic E-state index is 0.179. The van der Waals surface area contributed by atoms with Gasteiger partial charge in [0.25, 0.3) is 0 Å². The summed E-state index contributed by atoms with van der Waals surface area (Å²) in [5.74, 6) is 1.92. The van der Waals surface area contributed by atoms with Gasteiger partial charge in [0.1, 0.15) is 28.0 Å². The molecule has 0 N–H and O–H groups in total. The average molecular weight is 795 g/mol. The number of nitrogens with zero attached hydrogens (tertiary/aromatic N) is 4. The Balaban J connectivity index is 1.19. The predicted octanol–water partition coefficient (Wildman–Crippen LogP) is 12.7. The van der Waals surface area contributed by atoms with Gasteiger partial charge < -0.3 is 13.4 Å². The SMILES string of the molecule is C1=Cc2oc3c(-c4ccccc4)cc4cc3c2C(C1)C1C=c2c(oc3c(-c5ccccc5)nc(nc23)-n2c3cc5c(cc3c3c6ccccc6ccc32)c2ccccc2n5-4)=CC1. The van der Waals surface area contributed by atoms with Crippen molar-refractivity contribution in [1.82, 2.24) is 19.1 Å². The van der Waals surface area contributed by atoms with Gasteiger partial charge in [-0.05, 0) is 89.6 Å². The second kappa shape index (κ2) is 11.9. The number of aromatic nitrogens is 4. The topological polar surface area (TPSA) is 61.9 Å². The lowest BCUT2D eigenvalue weighted by Gasteiger charge is -2.26. The maximum absolute atomic E-state index is 7.00. The summed E-state index contributed by atoms with van der Waals surface area (Å²) in [7, 11) is 0. The van der Waals surface area contributed by atoms with Crippen molar-refractivity contribution in [2.75, 3.05) is 0 Å². The molecule has 3 aliphatic rings. The molecule has 6 heterocycles. The first-order chi connectivity index (χ1) is 30.7. The molecule has 2 atom stereocenters. The van der Waals surface area contributed by atoms with E-state index >= 15 is 0 Å². The largest absolute Gasteiger partial charge is 0.456 e. The molecule has 7 aromatic carbocycles. The minimum Gasteiger partial charge on any atom is -0.456 e. The van der Waals surface area contributed by atoms with E-state index in [4.69, 9.17) is 18.8 Å². The molecule has 0 spiro atoms. The third kappa shape index (κ3) is 4.28. The van der Waals surface area contributed by atoms with E-state index in [-0.39, 0.29) is 11.8 Å². The fourth-order valence-corrected chi connectivity index (χ4v) is 11.3. The van der Waals surface area contributed by atoms with Crippen LogP contribution in [0.1, 0.15) is 30.1 Å². The molecule has 2 aliphatic carbocycles. The molecular weight excluding hydrogens is 761 g/mol. The van der Waals surface area contributed by atoms with Gasteiger partial charge in [0.2, 0.25) is 5.95 Å². The van der Waals surface area contributed by atoms with Gasteiger partial charge in [-0.3, -0.25) is 4.57 Å². The number of para-hydroxylation sites is 1. The van der Waals surface area contributed by atoms with Crippen LogP contribution in [-0.2, 0) is 0 Å². The maximum atomic E-state index is 7.00. The van der Waals surface area contributed by atoms with E-state index in [9.17, 15) is 0 Å². The van der Waals surface area contributed by atoms with Crippen LogP contribution in [0.15, 0.2) is 161 Å². The van der Waals surface area contributed by atoms with Gasteiger partial charge in [-0.25, -0.2) is 9.97 Å². The van der Waals surface area contributed by atoms with Crippen molar-refractivity contribution in [3.8, 4) is 34.0 Å². The van der Waals surface area contributed by atoms with Crippen molar-refractivity contribution in [2.45, 2.75) is 18.8 Å². The second-order valence-electron chi connectivity index (χ2n) is 17.2. The van der Waals surface area contributed by atoms with Gasteiger partial charge >= 0.3 is 0 Å². The first-order valence-corrected chi connectivity index (χ1v) is 21.5. The molecular formula is C56H34N4O2. The van der Waals surface area contributed by atoms with E-state index in [0.717, 1.165) is 101 Å². The summed E-state index contributed by atoms with van der Waals surface area (Å²) in [6.45, 7) is 0. The molecule has 290 valence electrons. The standard InChI is InChI=1S/C56H34N4O2/c1-3-12-31(13-4-1)39-27-35-28-43-51-37(19-11-21-49(51)62-54(39)43)34-23-25-48-42(26-34)53-55(61-48)52(33-15-5-2-6-16-33)57-56(58-53)60-45-24-22-32-14-7-8-17-36(32)50(45)41-29-40-38-18-9-10-20-44(38)59(35)46(40)30-47(41)60/h1-18,20-22,24-30,34,37H,19,23H2. The summed E-state index contributed by atoms with van der Waals surface area (Å²) in [6, 6.07) is 52.7. The van der Waals surface area contributed by atoms with Crippen LogP contribution in [0.4, 0.5) is 0 Å². The zero-order valence-electron chi connectivity index (χ0n) is 33.3. The number of fused-ring (bicyclic) bond motifs is 14. The van der Waals surface area contributed by atoms with Crippen molar-refractivity contribution in [3.63, 3.8) is 0 Å². The van der Waals surface area contributed by atoms with Crippen LogP contribution in [0, 0.1) is 5.92 Å². The first kappa shape index (κ1) is 32.8. The Kier molecular flexibility index (Phi) is 6.28. The van der Waals surface area contributed by atoms with E-state index in [0.29, 0.717) is 11.5 Å². The number of hydrogen-bond acceptors (Lipinski definition) is 4. The fourth-order valence-electron chi connectivity index (χ4n) is 11.3. The highest BCUT2D eigenvalue weighted by Crippen LogP contribution is 2.48. The van der Waals surface area contributed by atoms with Crippen molar-refractivity contribution in [1.29, 1.82) is 0 Å². The normalized spacial score (nSPS) is 16.5. The average Bonchev–Trinajstić information content (AvgIpc) is 4.08. The number of allylic oxidation sites excluding steroid dienone is 1. The summed E-state index contributed by atoms with van der Waals surface area (Å²) in [5.41, 5.74) is 14.1. The molecule has 0 fully saturated rings. The van der Waals surface area contributed by atoms with Gasteiger partial charge in [0.15, 0.2) is 5.58 Å². The van der Waals surface area contributed by atoms with Gasteiger partial charge in [0, 0.05) is 54.5 Å². The maximum Gasteiger partial charge on any atom is 0.236 e. The summed E-state index contributed by atoms with van der Waals surface area (Å²) in [5, 5.41) is 9.34. The highest BCUT2D eigenvalue weighted by atomic mass is 16.3. The van der Waals surface area contributed by atoms with Crippen LogP contribution >= 0.6 is 0 Å². The van der Waals surface area contributed by atoms with Crippen LogP contribution in [0.2, 0.25) is 0 Å². The van der Waals surface area contributed by atoms with Gasteiger partial charge in [-0.15, -0.1) is 0 Å². The van der Waals surface area contributed by atoms with Crippen LogP contribution in [-0.4, -0.2) is 19.1 Å². The summed E-state index contributed by atoms with van der Waals surface area (Å²) < 4.78 is 18.6. The Labute approximate surface area is 353 Å². The van der Waals surface area contributed by atoms with E-state index in [2.05, 4.69) is 173 Å². The summed E-state index contributed by atoms with van der Waals surface area (Å²) in [6.07, 6.45) is 10.9. The highest BCUT2D eigenvalue weighted by molar-refractivity contribution is 6.25. The van der Waals surface area contributed by atoms with Crippen molar-refractivity contribution >= 4 is 94.7 Å². The molecule has 0 saturated heterocycles. The van der Waals surface area contributed by atoms with E-state index in [1.54, 1.807) is 0 Å². The Morgan fingerprint density at radius 1 is 0.565 bits per heavy atom. The number of rotatable bonds is 2.